The van der Waals surface area contributed by atoms with E-state index in [0.717, 1.165) is 42.1 Å². The van der Waals surface area contributed by atoms with Crippen molar-refractivity contribution in [1.29, 1.82) is 0 Å². The Morgan fingerprint density at radius 1 is 1.03 bits per heavy atom. The summed E-state index contributed by atoms with van der Waals surface area (Å²) in [5.41, 5.74) is 10.8. The Morgan fingerprint density at radius 3 is 2.48 bits per heavy atom. The van der Waals surface area contributed by atoms with Crippen molar-refractivity contribution in [3.8, 4) is 11.3 Å². The van der Waals surface area contributed by atoms with Crippen LogP contribution in [0, 0.1) is 0 Å². The zero-order valence-electron chi connectivity index (χ0n) is 15.8. The molecule has 1 aliphatic heterocycles. The van der Waals surface area contributed by atoms with E-state index in [1.807, 2.05) is 24.3 Å². The van der Waals surface area contributed by atoms with E-state index in [1.54, 1.807) is 11.3 Å². The molecule has 0 saturated heterocycles. The number of anilines is 1. The topological polar surface area (TPSA) is 50.9 Å². The third-order valence-corrected chi connectivity index (χ3v) is 6.11. The Hall–Kier alpha value is -1.56. The molecule has 29 heavy (non-hydrogen) atoms. The van der Waals surface area contributed by atoms with E-state index in [0.29, 0.717) is 11.2 Å². The van der Waals surface area contributed by atoms with Gasteiger partial charge in [-0.2, -0.15) is 0 Å². The van der Waals surface area contributed by atoms with Crippen LogP contribution in [0.1, 0.15) is 23.3 Å². The fourth-order valence-corrected chi connectivity index (χ4v) is 4.54. The van der Waals surface area contributed by atoms with Gasteiger partial charge in [0.2, 0.25) is 0 Å². The summed E-state index contributed by atoms with van der Waals surface area (Å²) >= 11 is 7.61. The van der Waals surface area contributed by atoms with Gasteiger partial charge >= 0.3 is 0 Å². The van der Waals surface area contributed by atoms with Crippen molar-refractivity contribution in [3.63, 3.8) is 0 Å². The van der Waals surface area contributed by atoms with Crippen molar-refractivity contribution in [2.24, 2.45) is 0 Å². The van der Waals surface area contributed by atoms with Crippen molar-refractivity contribution in [3.05, 3.63) is 76.1 Å². The molecule has 0 spiro atoms. The number of thiazole rings is 1. The number of hydrogen-bond donors (Lipinski definition) is 2. The third-order valence-electron chi connectivity index (χ3n) is 4.92. The first-order valence-electron chi connectivity index (χ1n) is 9.18. The summed E-state index contributed by atoms with van der Waals surface area (Å²) in [5, 5.41) is 4.98. The molecule has 7 heteroatoms. The highest BCUT2D eigenvalue weighted by molar-refractivity contribution is 7.15. The second kappa shape index (κ2) is 11.0. The van der Waals surface area contributed by atoms with E-state index in [2.05, 4.69) is 46.7 Å². The first-order valence-corrected chi connectivity index (χ1v) is 10.4. The second-order valence-electron chi connectivity index (χ2n) is 6.77. The van der Waals surface area contributed by atoms with Gasteiger partial charge in [-0.25, -0.2) is 4.98 Å². The van der Waals surface area contributed by atoms with Crippen molar-refractivity contribution in [2.75, 3.05) is 12.3 Å². The van der Waals surface area contributed by atoms with Crippen LogP contribution in [-0.4, -0.2) is 17.6 Å². The quantitative estimate of drug-likeness (QED) is 0.464. The maximum absolute atomic E-state index is 6.01. The molecule has 3 nitrogen and oxygen atoms in total. The molecule has 0 amide bonds. The average Bonchev–Trinajstić information content (AvgIpc) is 3.08. The number of hydrogen-bond acceptors (Lipinski definition) is 4. The SMILES string of the molecule is Cl.Cl.Nc1nc(-c2ccc(Cl)cc2)c(CCC2CC(c3ccccc3)=CCN2)s1. The molecule has 0 bridgehead atoms. The molecule has 3 N–H and O–H groups in total. The predicted molar refractivity (Wildman–Crippen MR) is 131 cm³/mol. The molecule has 0 aliphatic carbocycles. The zero-order valence-corrected chi connectivity index (χ0v) is 19.0. The minimum Gasteiger partial charge on any atom is -0.375 e. The van der Waals surface area contributed by atoms with Crippen LogP contribution < -0.4 is 11.1 Å². The molecular formula is C22H24Cl3N3S. The zero-order chi connectivity index (χ0) is 18.6. The molecule has 1 atom stereocenters. The molecule has 0 saturated carbocycles. The monoisotopic (exact) mass is 467 g/mol. The van der Waals surface area contributed by atoms with E-state index < -0.39 is 0 Å². The number of aromatic nitrogens is 1. The smallest absolute Gasteiger partial charge is 0.180 e. The summed E-state index contributed by atoms with van der Waals surface area (Å²) < 4.78 is 0. The van der Waals surface area contributed by atoms with Crippen molar-refractivity contribution in [1.82, 2.24) is 10.3 Å². The fraction of sp³-hybridized carbons (Fsp3) is 0.227. The highest BCUT2D eigenvalue weighted by Gasteiger charge is 2.18. The molecule has 1 aliphatic rings. The van der Waals surface area contributed by atoms with Crippen LogP contribution in [0.2, 0.25) is 5.02 Å². The summed E-state index contributed by atoms with van der Waals surface area (Å²) in [7, 11) is 0. The Morgan fingerprint density at radius 2 is 1.76 bits per heavy atom. The second-order valence-corrected chi connectivity index (χ2v) is 8.33. The lowest BCUT2D eigenvalue weighted by atomic mass is 9.93. The maximum atomic E-state index is 6.01. The largest absolute Gasteiger partial charge is 0.375 e. The predicted octanol–water partition coefficient (Wildman–Crippen LogP) is 6.27. The number of nitrogens with one attached hydrogen (secondary N) is 1. The minimum atomic E-state index is 0. The highest BCUT2D eigenvalue weighted by Crippen LogP contribution is 2.32. The van der Waals surface area contributed by atoms with Gasteiger partial charge in [-0.15, -0.1) is 36.2 Å². The summed E-state index contributed by atoms with van der Waals surface area (Å²) in [4.78, 5) is 5.80. The molecule has 4 rings (SSSR count). The molecule has 1 unspecified atom stereocenters. The summed E-state index contributed by atoms with van der Waals surface area (Å²) in [6.45, 7) is 0.920. The fourth-order valence-electron chi connectivity index (χ4n) is 3.54. The van der Waals surface area contributed by atoms with Gasteiger partial charge in [0.1, 0.15) is 0 Å². The van der Waals surface area contributed by atoms with Crippen LogP contribution in [0.5, 0.6) is 0 Å². The van der Waals surface area contributed by atoms with Crippen LogP contribution in [-0.2, 0) is 6.42 Å². The number of halogens is 3. The van der Waals surface area contributed by atoms with Gasteiger partial charge < -0.3 is 11.1 Å². The molecule has 0 fully saturated rings. The number of benzene rings is 2. The van der Waals surface area contributed by atoms with Gasteiger partial charge in [0.05, 0.1) is 5.69 Å². The van der Waals surface area contributed by atoms with Gasteiger partial charge in [-0.1, -0.05) is 60.1 Å². The Kier molecular flexibility index (Phi) is 9.00. The maximum Gasteiger partial charge on any atom is 0.180 e. The van der Waals surface area contributed by atoms with Crippen LogP contribution >= 0.6 is 47.8 Å². The van der Waals surface area contributed by atoms with Crippen molar-refractivity contribution >= 4 is 58.5 Å². The van der Waals surface area contributed by atoms with Crippen LogP contribution in [0.15, 0.2) is 60.7 Å². The lowest BCUT2D eigenvalue weighted by Crippen LogP contribution is -2.33. The minimum absolute atomic E-state index is 0. The molecular weight excluding hydrogens is 445 g/mol. The van der Waals surface area contributed by atoms with Crippen molar-refractivity contribution in [2.45, 2.75) is 25.3 Å². The van der Waals surface area contributed by atoms with Gasteiger partial charge in [0.15, 0.2) is 5.13 Å². The van der Waals surface area contributed by atoms with Gasteiger partial charge in [0.25, 0.3) is 0 Å². The normalized spacial score (nSPS) is 15.8. The van der Waals surface area contributed by atoms with Gasteiger partial charge in [0, 0.05) is 28.0 Å². The number of rotatable bonds is 5. The summed E-state index contributed by atoms with van der Waals surface area (Å²) in [6.07, 6.45) is 5.38. The van der Waals surface area contributed by atoms with E-state index in [4.69, 9.17) is 17.3 Å². The molecule has 1 aromatic heterocycles. The highest BCUT2D eigenvalue weighted by atomic mass is 35.5. The number of nitrogens with zero attached hydrogens (tertiary/aromatic N) is 1. The van der Waals surface area contributed by atoms with Crippen LogP contribution in [0.25, 0.3) is 16.8 Å². The molecule has 2 heterocycles. The summed E-state index contributed by atoms with van der Waals surface area (Å²) in [5.74, 6) is 0. The Bertz CT molecular complexity index is 940. The number of nitrogens with two attached hydrogens (primary N) is 1. The van der Waals surface area contributed by atoms with Gasteiger partial charge in [-0.05, 0) is 42.5 Å². The van der Waals surface area contributed by atoms with E-state index in [9.17, 15) is 0 Å². The van der Waals surface area contributed by atoms with Crippen LogP contribution in [0.3, 0.4) is 0 Å². The summed E-state index contributed by atoms with van der Waals surface area (Å²) in [6, 6.07) is 18.9. The van der Waals surface area contributed by atoms with Crippen LogP contribution in [0.4, 0.5) is 5.13 Å². The lowest BCUT2D eigenvalue weighted by molar-refractivity contribution is 0.503. The molecule has 3 aromatic rings. The Labute approximate surface area is 193 Å². The lowest BCUT2D eigenvalue weighted by Gasteiger charge is -2.24. The third kappa shape index (κ3) is 5.97. The Balaban J connectivity index is 0.00000150. The van der Waals surface area contributed by atoms with E-state index >= 15 is 0 Å². The van der Waals surface area contributed by atoms with E-state index in [-0.39, 0.29) is 24.8 Å². The standard InChI is InChI=1S/C22H22ClN3S.2ClH/c23-18-8-6-16(7-9-18)21-20(27-22(24)26-21)11-10-19-14-17(12-13-25-19)15-4-2-1-3-5-15;;/h1-9,12,19,25H,10-11,13-14H2,(H2,24,26);2*1H. The molecule has 2 aromatic carbocycles. The molecule has 0 radical (unpaired) electrons. The van der Waals surface area contributed by atoms with Gasteiger partial charge in [-0.3, -0.25) is 0 Å². The first kappa shape index (κ1) is 23.7. The van der Waals surface area contributed by atoms with Crippen molar-refractivity contribution < 1.29 is 0 Å². The first-order chi connectivity index (χ1) is 13.2. The number of nitrogen functional groups attached to an aromatic ring is 1. The number of aryl methyl sites for hydroxylation is 1. The van der Waals surface area contributed by atoms with E-state index in [1.165, 1.54) is 16.0 Å². The average molecular weight is 469 g/mol. The molecule has 154 valence electrons.